The summed E-state index contributed by atoms with van der Waals surface area (Å²) in [6.45, 7) is 4.19. The number of nitrogens with zero attached hydrogens (tertiary/aromatic N) is 2. The molecule has 11 heteroatoms. The molecule has 2 fully saturated rings. The number of aliphatic hydroxyl groups is 1. The number of hydrogen-bond donors (Lipinski definition) is 2. The zero-order valence-corrected chi connectivity index (χ0v) is 31.6. The number of hydrogen-bond acceptors (Lipinski definition) is 8. The van der Waals surface area contributed by atoms with Crippen LogP contribution in [0, 0.1) is 23.6 Å². The number of anilines is 1. The summed E-state index contributed by atoms with van der Waals surface area (Å²) >= 11 is 0. The van der Waals surface area contributed by atoms with Crippen LogP contribution in [-0.2, 0) is 43.1 Å². The van der Waals surface area contributed by atoms with Crippen molar-refractivity contribution < 1.29 is 42.9 Å². The van der Waals surface area contributed by atoms with Gasteiger partial charge in [-0.2, -0.15) is 0 Å². The van der Waals surface area contributed by atoms with Crippen molar-refractivity contribution in [2.45, 2.75) is 89.4 Å². The molecule has 2 aliphatic rings. The maximum Gasteiger partial charge on any atom is 0.307 e. The van der Waals surface area contributed by atoms with Gasteiger partial charge < -0.3 is 29.0 Å². The fourth-order valence-electron chi connectivity index (χ4n) is 7.52. The highest BCUT2D eigenvalue weighted by atomic mass is 19.1. The quantitative estimate of drug-likeness (QED) is 0.0649. The Bertz CT molecular complexity index is 1860. The van der Waals surface area contributed by atoms with Gasteiger partial charge in [-0.25, -0.2) is 9.37 Å². The Balaban J connectivity index is 1.09. The number of carbonyl (C=O) groups excluding carboxylic acids is 2. The number of unbranched alkanes of at least 4 members (excludes halogenated alkanes) is 1. The number of aliphatic hydroxyl groups excluding tert-OH is 1. The van der Waals surface area contributed by atoms with Crippen LogP contribution in [0.4, 0.5) is 10.1 Å². The number of aromatic nitrogens is 1. The van der Waals surface area contributed by atoms with Crippen LogP contribution in [0.5, 0.6) is 0 Å². The van der Waals surface area contributed by atoms with Gasteiger partial charge in [0.2, 0.25) is 5.91 Å². The predicted molar refractivity (Wildman–Crippen MR) is 204 cm³/mol. The van der Waals surface area contributed by atoms with Gasteiger partial charge in [-0.15, -0.1) is 0 Å². The number of carboxylic acid groups (broad SMARTS) is 1. The summed E-state index contributed by atoms with van der Waals surface area (Å²) in [5.74, 6) is -2.06. The van der Waals surface area contributed by atoms with E-state index in [9.17, 15) is 29.0 Å². The van der Waals surface area contributed by atoms with Crippen molar-refractivity contribution in [1.82, 2.24) is 4.98 Å². The summed E-state index contributed by atoms with van der Waals surface area (Å²) in [6, 6.07) is 21.9. The predicted octanol–water partition coefficient (Wildman–Crippen LogP) is 7.63. The molecule has 0 saturated carbocycles. The number of β-lactam (4-membered cyclic amide) rings is 1. The van der Waals surface area contributed by atoms with E-state index in [0.29, 0.717) is 44.5 Å². The molecule has 0 bridgehead atoms. The Hall–Kier alpha value is -4.71. The molecule has 1 amide bonds. The second kappa shape index (κ2) is 18.3. The normalized spacial score (nSPS) is 18.8. The lowest BCUT2D eigenvalue weighted by atomic mass is 9.78. The van der Waals surface area contributed by atoms with Crippen LogP contribution in [0.25, 0.3) is 0 Å². The van der Waals surface area contributed by atoms with Crippen LogP contribution in [0.15, 0.2) is 89.7 Å². The van der Waals surface area contributed by atoms with E-state index in [1.807, 2.05) is 17.0 Å². The molecule has 6 rings (SSSR count). The minimum atomic E-state index is -0.975. The van der Waals surface area contributed by atoms with Gasteiger partial charge in [-0.1, -0.05) is 62.4 Å². The number of ether oxygens (including phenoxy) is 2. The summed E-state index contributed by atoms with van der Waals surface area (Å²) in [4.78, 5) is 44.0. The van der Waals surface area contributed by atoms with Gasteiger partial charge in [0.25, 0.3) is 0 Å². The molecule has 55 heavy (non-hydrogen) atoms. The molecule has 292 valence electrons. The van der Waals surface area contributed by atoms with Crippen LogP contribution >= 0.6 is 0 Å². The Morgan fingerprint density at radius 3 is 2.25 bits per heavy atom. The number of carboxylic acids is 1. The number of amides is 1. The number of carbonyl (C=O) groups is 3. The average molecular weight is 755 g/mol. The van der Waals surface area contributed by atoms with Gasteiger partial charge in [-0.3, -0.25) is 14.4 Å². The first-order valence-electron chi connectivity index (χ1n) is 19.3. The molecule has 2 aliphatic heterocycles. The second-order valence-electron chi connectivity index (χ2n) is 15.3. The van der Waals surface area contributed by atoms with Crippen LogP contribution in [-0.4, -0.2) is 58.3 Å². The van der Waals surface area contributed by atoms with E-state index in [2.05, 4.69) is 41.4 Å². The molecular weight excluding hydrogens is 703 g/mol. The monoisotopic (exact) mass is 754 g/mol. The van der Waals surface area contributed by atoms with Crippen LogP contribution in [0.2, 0.25) is 0 Å². The molecule has 3 heterocycles. The van der Waals surface area contributed by atoms with Crippen LogP contribution in [0.1, 0.15) is 92.7 Å². The molecule has 0 aliphatic carbocycles. The number of rotatable bonds is 21. The van der Waals surface area contributed by atoms with Gasteiger partial charge in [0.05, 0.1) is 43.4 Å². The SMILES string of the molecule is CC(C)[C@@H](CC(=O)COC1(CCc2ccc([C@@H]3[C@@H](CC[C@H](O)c4ccc(F)cc4)C(=O)N3c3ccc(CCCCc4ncco4)cc3)cc2)COC1)C(=O)O. The van der Waals surface area contributed by atoms with Crippen molar-refractivity contribution in [3.63, 3.8) is 0 Å². The maximum absolute atomic E-state index is 13.8. The van der Waals surface area contributed by atoms with Crippen molar-refractivity contribution in [2.75, 3.05) is 24.7 Å². The second-order valence-corrected chi connectivity index (χ2v) is 15.3. The fourth-order valence-corrected chi connectivity index (χ4v) is 7.52. The number of aliphatic carboxylic acids is 1. The summed E-state index contributed by atoms with van der Waals surface area (Å²) in [7, 11) is 0. The lowest BCUT2D eigenvalue weighted by molar-refractivity contribution is -0.212. The van der Waals surface area contributed by atoms with Crippen molar-refractivity contribution in [3.8, 4) is 0 Å². The van der Waals surface area contributed by atoms with Crippen LogP contribution in [0.3, 0.4) is 0 Å². The molecule has 3 aromatic carbocycles. The van der Waals surface area contributed by atoms with Crippen molar-refractivity contribution >= 4 is 23.3 Å². The number of aryl methyl sites for hydroxylation is 3. The molecule has 0 unspecified atom stereocenters. The molecule has 4 aromatic rings. The lowest BCUT2D eigenvalue weighted by Gasteiger charge is -2.48. The van der Waals surface area contributed by atoms with Gasteiger partial charge in [0.1, 0.15) is 24.3 Å². The van der Waals surface area contributed by atoms with Gasteiger partial charge >= 0.3 is 5.97 Å². The highest BCUT2D eigenvalue weighted by molar-refractivity contribution is 6.03. The first-order chi connectivity index (χ1) is 26.5. The maximum atomic E-state index is 13.8. The minimum absolute atomic E-state index is 0.000714. The summed E-state index contributed by atoms with van der Waals surface area (Å²) < 4.78 is 30.4. The first-order valence-corrected chi connectivity index (χ1v) is 19.3. The Labute approximate surface area is 321 Å². The highest BCUT2D eigenvalue weighted by Crippen LogP contribution is 2.46. The van der Waals surface area contributed by atoms with E-state index in [1.165, 1.54) is 17.7 Å². The van der Waals surface area contributed by atoms with E-state index >= 15 is 0 Å². The van der Waals surface area contributed by atoms with E-state index in [1.54, 1.807) is 38.4 Å². The molecule has 10 nitrogen and oxygen atoms in total. The van der Waals surface area contributed by atoms with Crippen molar-refractivity contribution in [1.29, 1.82) is 0 Å². The Kier molecular flexibility index (Phi) is 13.3. The number of Topliss-reactive ketones (excluding diaryl/α,β-unsaturated/α-hetero) is 1. The van der Waals surface area contributed by atoms with Crippen molar-refractivity contribution in [3.05, 3.63) is 119 Å². The van der Waals surface area contributed by atoms with Gasteiger partial charge in [0, 0.05) is 18.5 Å². The number of halogens is 1. The third-order valence-electron chi connectivity index (χ3n) is 11.1. The molecule has 4 atom stereocenters. The number of oxazole rings is 1. The highest BCUT2D eigenvalue weighted by Gasteiger charge is 2.48. The Morgan fingerprint density at radius 1 is 0.964 bits per heavy atom. The van der Waals surface area contributed by atoms with E-state index in [4.69, 9.17) is 13.9 Å². The van der Waals surface area contributed by atoms with E-state index < -0.39 is 23.6 Å². The van der Waals surface area contributed by atoms with Gasteiger partial charge in [-0.05, 0) is 97.4 Å². The first kappa shape index (κ1) is 40.0. The molecule has 2 N–H and O–H groups in total. The zero-order chi connectivity index (χ0) is 39.0. The molecular formula is C44H51FN2O8. The zero-order valence-electron chi connectivity index (χ0n) is 31.6. The molecule has 2 saturated heterocycles. The number of benzene rings is 3. The smallest absolute Gasteiger partial charge is 0.307 e. The molecule has 0 spiro atoms. The third kappa shape index (κ3) is 10.1. The summed E-state index contributed by atoms with van der Waals surface area (Å²) in [6.07, 6.45) is 8.16. The summed E-state index contributed by atoms with van der Waals surface area (Å²) in [5.41, 5.74) is 4.09. The lowest BCUT2D eigenvalue weighted by Crippen LogP contribution is -2.55. The van der Waals surface area contributed by atoms with E-state index in [0.717, 1.165) is 48.4 Å². The number of ketones is 1. The largest absolute Gasteiger partial charge is 0.481 e. The van der Waals surface area contributed by atoms with Gasteiger partial charge in [0.15, 0.2) is 11.7 Å². The summed E-state index contributed by atoms with van der Waals surface area (Å²) in [5, 5.41) is 20.4. The third-order valence-corrected chi connectivity index (χ3v) is 11.1. The Morgan fingerprint density at radius 2 is 1.64 bits per heavy atom. The van der Waals surface area contributed by atoms with E-state index in [-0.39, 0.29) is 48.4 Å². The topological polar surface area (TPSA) is 139 Å². The average Bonchev–Trinajstić information content (AvgIpc) is 3.68. The van der Waals surface area contributed by atoms with Crippen LogP contribution < -0.4 is 4.90 Å². The molecule has 1 aromatic heterocycles. The van der Waals surface area contributed by atoms with Crippen molar-refractivity contribution in [2.24, 2.45) is 17.8 Å². The minimum Gasteiger partial charge on any atom is -0.481 e. The fraction of sp³-hybridized carbons (Fsp3) is 0.455. The molecule has 0 radical (unpaired) electrons. The standard InChI is InChI=1S/C44H51FN2O8/c1-29(2)38(43(51)52)25-36(48)26-55-44(27-53-28-44)22-21-31-7-11-33(12-8-31)41-37(19-20-39(49)32-13-15-34(45)16-14-32)42(50)47(41)35-17-9-30(10-18-35)5-3-4-6-40-46-23-24-54-40/h7-18,23-24,29,37-39,41,49H,3-6,19-22,25-28H2,1-2H3,(H,51,52)/t37-,38-,39+,41-/m1/s1.